The second-order valence-electron chi connectivity index (χ2n) is 10.7. The van der Waals surface area contributed by atoms with Crippen molar-refractivity contribution in [1.82, 2.24) is 0 Å². The van der Waals surface area contributed by atoms with Crippen molar-refractivity contribution in [1.29, 1.82) is 0 Å². The minimum Gasteiger partial charge on any atom is -0.487 e. The molecule has 1 fully saturated rings. The molecule has 1 aromatic carbocycles. The van der Waals surface area contributed by atoms with E-state index in [9.17, 15) is 9.36 Å². The number of phosphoric ester groups is 1. The molecular formula is C26H37O7P. The van der Waals surface area contributed by atoms with Crippen LogP contribution in [0.3, 0.4) is 0 Å². The highest BCUT2D eigenvalue weighted by Crippen LogP contribution is 2.55. The summed E-state index contributed by atoms with van der Waals surface area (Å²) in [5, 5.41) is 0. The van der Waals surface area contributed by atoms with E-state index in [1.54, 1.807) is 0 Å². The summed E-state index contributed by atoms with van der Waals surface area (Å²) in [4.78, 5) is 31.0. The van der Waals surface area contributed by atoms with Crippen molar-refractivity contribution in [3.8, 4) is 11.5 Å². The van der Waals surface area contributed by atoms with E-state index >= 15 is 0 Å². The van der Waals surface area contributed by atoms with Gasteiger partial charge in [-0.25, -0.2) is 4.57 Å². The minimum absolute atomic E-state index is 0.211. The number of phosphoric acid groups is 1. The molecule has 3 aliphatic rings. The van der Waals surface area contributed by atoms with Gasteiger partial charge in [-0.2, -0.15) is 0 Å². The van der Waals surface area contributed by atoms with Gasteiger partial charge >= 0.3 is 13.8 Å². The van der Waals surface area contributed by atoms with Crippen molar-refractivity contribution in [2.24, 2.45) is 11.8 Å². The zero-order valence-corrected chi connectivity index (χ0v) is 21.5. The number of esters is 1. The number of fused-ring (bicyclic) bond motifs is 3. The lowest BCUT2D eigenvalue weighted by molar-refractivity contribution is -0.145. The molecule has 0 aromatic heterocycles. The van der Waals surface area contributed by atoms with Gasteiger partial charge in [-0.05, 0) is 77.0 Å². The highest BCUT2D eigenvalue weighted by molar-refractivity contribution is 7.46. The highest BCUT2D eigenvalue weighted by Gasteiger charge is 2.47. The van der Waals surface area contributed by atoms with E-state index in [4.69, 9.17) is 23.8 Å². The Morgan fingerprint density at radius 3 is 2.65 bits per heavy atom. The second kappa shape index (κ2) is 9.77. The number of carbonyl (C=O) groups is 1. The number of aryl methyl sites for hydroxylation is 1. The third-order valence-electron chi connectivity index (χ3n) is 7.54. The first-order valence-corrected chi connectivity index (χ1v) is 14.0. The van der Waals surface area contributed by atoms with Gasteiger partial charge in [0.25, 0.3) is 0 Å². The molecule has 0 spiro atoms. The van der Waals surface area contributed by atoms with E-state index in [0.29, 0.717) is 5.75 Å². The van der Waals surface area contributed by atoms with Gasteiger partial charge in [0.1, 0.15) is 17.1 Å². The first-order chi connectivity index (χ1) is 16.0. The Hall–Kier alpha value is -1.66. The van der Waals surface area contributed by atoms with E-state index in [0.717, 1.165) is 55.4 Å². The van der Waals surface area contributed by atoms with Gasteiger partial charge in [-0.3, -0.25) is 9.32 Å². The van der Waals surface area contributed by atoms with Crippen LogP contribution in [-0.2, 0) is 20.3 Å². The summed E-state index contributed by atoms with van der Waals surface area (Å²) in [7, 11) is -4.56. The lowest BCUT2D eigenvalue weighted by Gasteiger charge is -2.47. The summed E-state index contributed by atoms with van der Waals surface area (Å²) >= 11 is 0. The van der Waals surface area contributed by atoms with Gasteiger partial charge in [-0.1, -0.05) is 31.4 Å². The lowest BCUT2D eigenvalue weighted by atomic mass is 9.67. The fourth-order valence-electron chi connectivity index (χ4n) is 5.64. The normalized spacial score (nSPS) is 27.5. The summed E-state index contributed by atoms with van der Waals surface area (Å²) in [6.45, 7) is 8.62. The van der Waals surface area contributed by atoms with Gasteiger partial charge in [0.05, 0.1) is 12.0 Å². The van der Waals surface area contributed by atoms with E-state index in [1.807, 2.05) is 6.07 Å². The average Bonchev–Trinajstić information content (AvgIpc) is 2.68. The minimum atomic E-state index is -4.56. The van der Waals surface area contributed by atoms with Crippen LogP contribution in [0.15, 0.2) is 23.8 Å². The number of hydrogen-bond donors (Lipinski definition) is 2. The van der Waals surface area contributed by atoms with Crippen LogP contribution >= 0.6 is 7.82 Å². The molecule has 188 valence electrons. The van der Waals surface area contributed by atoms with Crippen molar-refractivity contribution in [3.05, 3.63) is 34.9 Å². The van der Waals surface area contributed by atoms with Crippen LogP contribution < -0.4 is 9.47 Å². The zero-order valence-electron chi connectivity index (χ0n) is 20.6. The van der Waals surface area contributed by atoms with Crippen LogP contribution in [-0.4, -0.2) is 27.5 Å². The van der Waals surface area contributed by atoms with Gasteiger partial charge in [0.2, 0.25) is 0 Å². The average molecular weight is 493 g/mol. The SMILES string of the molecule is CCCCCc1cc(OC(=O)C2CC(OP(=O)(O)O)C2)c2c(c1)OC(C)(C)[C@@H]1CC=C(C)C[C@@H]21. The Labute approximate surface area is 202 Å². The van der Waals surface area contributed by atoms with Gasteiger partial charge < -0.3 is 19.3 Å². The van der Waals surface area contributed by atoms with Crippen LogP contribution in [0.4, 0.5) is 0 Å². The molecule has 2 N–H and O–H groups in total. The fourth-order valence-corrected chi connectivity index (χ4v) is 6.20. The molecule has 1 saturated carbocycles. The highest BCUT2D eigenvalue weighted by atomic mass is 31.2. The summed E-state index contributed by atoms with van der Waals surface area (Å²) in [5.41, 5.74) is 3.10. The number of allylic oxidation sites excluding steroid dienone is 2. The molecule has 1 aliphatic heterocycles. The Balaban J connectivity index is 1.61. The maximum Gasteiger partial charge on any atom is 0.469 e. The van der Waals surface area contributed by atoms with Gasteiger partial charge in [0, 0.05) is 17.4 Å². The maximum absolute atomic E-state index is 13.0. The molecule has 0 unspecified atom stereocenters. The summed E-state index contributed by atoms with van der Waals surface area (Å²) < 4.78 is 28.3. The molecule has 0 bridgehead atoms. The summed E-state index contributed by atoms with van der Waals surface area (Å²) in [6, 6.07) is 4.13. The Morgan fingerprint density at radius 1 is 1.24 bits per heavy atom. The third-order valence-corrected chi connectivity index (χ3v) is 8.12. The zero-order chi connectivity index (χ0) is 24.7. The standard InChI is InChI=1S/C26H37O7P/c1-5-6-7-8-17-12-22(31-25(27)18-14-19(15-18)33-34(28,29)30)24-20-11-16(2)9-10-21(20)26(3,4)32-23(24)13-17/h9,12-13,18-21H,5-8,10-11,14-15H2,1-4H3,(H2,28,29,30)/t18?,19?,20-,21-/m1/s1. The van der Waals surface area contributed by atoms with Crippen LogP contribution in [0, 0.1) is 11.8 Å². The quantitative estimate of drug-likeness (QED) is 0.155. The Bertz CT molecular complexity index is 1000. The van der Waals surface area contributed by atoms with Crippen LogP contribution in [0.2, 0.25) is 0 Å². The Kier molecular flexibility index (Phi) is 7.31. The van der Waals surface area contributed by atoms with Crippen molar-refractivity contribution < 1.29 is 33.1 Å². The molecule has 34 heavy (non-hydrogen) atoms. The molecule has 0 saturated heterocycles. The number of carbonyl (C=O) groups excluding carboxylic acids is 1. The molecule has 7 nitrogen and oxygen atoms in total. The smallest absolute Gasteiger partial charge is 0.469 e. The molecule has 1 heterocycles. The second-order valence-corrected chi connectivity index (χ2v) is 11.9. The number of hydrogen-bond acceptors (Lipinski definition) is 5. The topological polar surface area (TPSA) is 102 Å². The lowest BCUT2D eigenvalue weighted by Crippen LogP contribution is -2.45. The van der Waals surface area contributed by atoms with Crippen LogP contribution in [0.1, 0.15) is 89.7 Å². The molecule has 8 heteroatoms. The number of unbranched alkanes of at least 4 members (excludes halogenated alkanes) is 2. The molecule has 4 rings (SSSR count). The molecule has 0 amide bonds. The fraction of sp³-hybridized carbons (Fsp3) is 0.654. The molecule has 2 aliphatic carbocycles. The van der Waals surface area contributed by atoms with Gasteiger partial charge in [0.15, 0.2) is 0 Å². The molecule has 0 radical (unpaired) electrons. The van der Waals surface area contributed by atoms with E-state index < -0.39 is 19.8 Å². The number of benzene rings is 1. The number of rotatable bonds is 8. The summed E-state index contributed by atoms with van der Waals surface area (Å²) in [5.74, 6) is 1.09. The molecular weight excluding hydrogens is 455 g/mol. The van der Waals surface area contributed by atoms with Crippen molar-refractivity contribution in [2.45, 2.75) is 96.7 Å². The van der Waals surface area contributed by atoms with Crippen molar-refractivity contribution in [2.75, 3.05) is 0 Å². The first kappa shape index (κ1) is 25.4. The van der Waals surface area contributed by atoms with E-state index in [1.165, 1.54) is 5.57 Å². The number of ether oxygens (including phenoxy) is 2. The summed E-state index contributed by atoms with van der Waals surface area (Å²) in [6.07, 6.45) is 8.23. The monoisotopic (exact) mass is 492 g/mol. The van der Waals surface area contributed by atoms with E-state index in [2.05, 4.69) is 39.8 Å². The molecule has 2 atom stereocenters. The third kappa shape index (κ3) is 5.59. The van der Waals surface area contributed by atoms with E-state index in [-0.39, 0.29) is 36.2 Å². The maximum atomic E-state index is 13.0. The van der Waals surface area contributed by atoms with Crippen LogP contribution in [0.5, 0.6) is 11.5 Å². The van der Waals surface area contributed by atoms with Crippen molar-refractivity contribution in [3.63, 3.8) is 0 Å². The Morgan fingerprint density at radius 2 is 1.97 bits per heavy atom. The largest absolute Gasteiger partial charge is 0.487 e. The van der Waals surface area contributed by atoms with Crippen molar-refractivity contribution >= 4 is 13.8 Å². The van der Waals surface area contributed by atoms with Gasteiger partial charge in [-0.15, -0.1) is 0 Å². The first-order valence-electron chi connectivity index (χ1n) is 12.4. The van der Waals surface area contributed by atoms with Crippen LogP contribution in [0.25, 0.3) is 0 Å². The predicted octanol–water partition coefficient (Wildman–Crippen LogP) is 5.82. The molecule has 1 aromatic rings. The predicted molar refractivity (Wildman–Crippen MR) is 129 cm³/mol.